The van der Waals surface area contributed by atoms with Gasteiger partial charge in [-0.1, -0.05) is 65.9 Å². The number of benzene rings is 3. The van der Waals surface area contributed by atoms with Gasteiger partial charge in [-0.15, -0.1) is 0 Å². The summed E-state index contributed by atoms with van der Waals surface area (Å²) in [5, 5.41) is 2.02. The van der Waals surface area contributed by atoms with Crippen molar-refractivity contribution in [3.63, 3.8) is 0 Å². The highest BCUT2D eigenvalue weighted by Crippen LogP contribution is 2.34. The van der Waals surface area contributed by atoms with E-state index in [2.05, 4.69) is 30.9 Å². The van der Waals surface area contributed by atoms with Crippen LogP contribution in [0.4, 0.5) is 5.69 Å². The number of nitrogens with zero attached hydrogens (tertiary/aromatic N) is 3. The van der Waals surface area contributed by atoms with E-state index in [1.807, 2.05) is 67.6 Å². The fourth-order valence-electron chi connectivity index (χ4n) is 5.10. The number of anilines is 1. The molecule has 1 aliphatic heterocycles. The van der Waals surface area contributed by atoms with E-state index < -0.39 is 12.0 Å². The summed E-state index contributed by atoms with van der Waals surface area (Å²) in [5.74, 6) is -0.451. The van der Waals surface area contributed by atoms with Crippen molar-refractivity contribution in [1.29, 1.82) is 0 Å². The number of allylic oxidation sites excluding steroid dienone is 1. The second-order valence-electron chi connectivity index (χ2n) is 9.13. The van der Waals surface area contributed by atoms with Crippen molar-refractivity contribution >= 4 is 39.8 Å². The number of thiazole rings is 1. The molecule has 5 rings (SSSR count). The first-order valence-electron chi connectivity index (χ1n) is 13.0. The molecule has 0 radical (unpaired) electrons. The van der Waals surface area contributed by atoms with Gasteiger partial charge in [0, 0.05) is 18.8 Å². The Balaban J connectivity index is 1.70. The molecule has 0 N–H and O–H groups in total. The lowest BCUT2D eigenvalue weighted by molar-refractivity contribution is -0.139. The van der Waals surface area contributed by atoms with Gasteiger partial charge >= 0.3 is 5.97 Å². The first-order chi connectivity index (χ1) is 18.5. The van der Waals surface area contributed by atoms with Gasteiger partial charge in [0.15, 0.2) is 4.80 Å². The molecule has 2 heterocycles. The summed E-state index contributed by atoms with van der Waals surface area (Å²) in [6.45, 7) is 9.98. The van der Waals surface area contributed by atoms with E-state index in [1.54, 1.807) is 11.5 Å². The van der Waals surface area contributed by atoms with Crippen molar-refractivity contribution in [2.24, 2.45) is 4.99 Å². The Hall–Kier alpha value is -3.97. The third kappa shape index (κ3) is 4.58. The molecule has 0 unspecified atom stereocenters. The zero-order valence-electron chi connectivity index (χ0n) is 22.1. The van der Waals surface area contributed by atoms with E-state index in [0.29, 0.717) is 20.6 Å². The van der Waals surface area contributed by atoms with Crippen LogP contribution in [0.5, 0.6) is 0 Å². The van der Waals surface area contributed by atoms with Gasteiger partial charge in [0.25, 0.3) is 5.56 Å². The van der Waals surface area contributed by atoms with Gasteiger partial charge in [-0.25, -0.2) is 9.79 Å². The number of hydrogen-bond acceptors (Lipinski definition) is 6. The molecule has 7 heteroatoms. The maximum atomic E-state index is 13.9. The molecule has 0 fully saturated rings. The maximum absolute atomic E-state index is 13.9. The average Bonchev–Trinajstić information content (AvgIpc) is 3.23. The van der Waals surface area contributed by atoms with Crippen LogP contribution >= 0.6 is 11.3 Å². The van der Waals surface area contributed by atoms with Crippen LogP contribution in [0.15, 0.2) is 87.8 Å². The predicted molar refractivity (Wildman–Crippen MR) is 154 cm³/mol. The van der Waals surface area contributed by atoms with Gasteiger partial charge < -0.3 is 9.64 Å². The molecule has 0 saturated heterocycles. The molecule has 1 aliphatic rings. The Morgan fingerprint density at radius 3 is 2.45 bits per heavy atom. The molecule has 194 valence electrons. The van der Waals surface area contributed by atoms with E-state index in [9.17, 15) is 9.59 Å². The van der Waals surface area contributed by atoms with E-state index in [-0.39, 0.29) is 12.2 Å². The number of fused-ring (bicyclic) bond motifs is 2. The van der Waals surface area contributed by atoms with Gasteiger partial charge in [-0.3, -0.25) is 9.36 Å². The molecule has 1 aromatic heterocycles. The molecule has 38 heavy (non-hydrogen) atoms. The summed E-state index contributed by atoms with van der Waals surface area (Å²) in [6.07, 6.45) is 1.90. The topological polar surface area (TPSA) is 63.9 Å². The minimum Gasteiger partial charge on any atom is -0.463 e. The fraction of sp³-hybridized carbons (Fsp3) is 0.258. The van der Waals surface area contributed by atoms with E-state index in [4.69, 9.17) is 9.73 Å². The highest BCUT2D eigenvalue weighted by atomic mass is 32.1. The quantitative estimate of drug-likeness (QED) is 0.325. The highest BCUT2D eigenvalue weighted by molar-refractivity contribution is 7.07. The van der Waals surface area contributed by atoms with Gasteiger partial charge in [0.05, 0.1) is 28.5 Å². The summed E-state index contributed by atoms with van der Waals surface area (Å²) in [5.41, 5.74) is 3.75. The van der Waals surface area contributed by atoms with E-state index >= 15 is 0 Å². The minimum atomic E-state index is -0.636. The van der Waals surface area contributed by atoms with Crippen LogP contribution in [-0.2, 0) is 9.53 Å². The van der Waals surface area contributed by atoms with Crippen LogP contribution in [0, 0.1) is 0 Å². The molecule has 0 spiro atoms. The predicted octanol–water partition coefficient (Wildman–Crippen LogP) is 4.80. The lowest BCUT2D eigenvalue weighted by Gasteiger charge is -2.25. The molecule has 0 amide bonds. The summed E-state index contributed by atoms with van der Waals surface area (Å²) in [6, 6.07) is 21.6. The van der Waals surface area contributed by atoms with Crippen molar-refractivity contribution in [3.05, 3.63) is 109 Å². The van der Waals surface area contributed by atoms with Crippen LogP contribution in [0.1, 0.15) is 44.9 Å². The summed E-state index contributed by atoms with van der Waals surface area (Å²) in [7, 11) is 0. The van der Waals surface area contributed by atoms with Gasteiger partial charge in [-0.05, 0) is 67.8 Å². The third-order valence-electron chi connectivity index (χ3n) is 6.95. The first-order valence-corrected chi connectivity index (χ1v) is 13.8. The fourth-order valence-corrected chi connectivity index (χ4v) is 6.14. The molecule has 3 aromatic carbocycles. The molecule has 6 nitrogen and oxygen atoms in total. The second-order valence-corrected chi connectivity index (χ2v) is 10.1. The summed E-state index contributed by atoms with van der Waals surface area (Å²) < 4.78 is 7.67. The molecule has 1 atom stereocenters. The average molecular weight is 526 g/mol. The van der Waals surface area contributed by atoms with Crippen LogP contribution in [0.25, 0.3) is 16.8 Å². The van der Waals surface area contributed by atoms with E-state index in [1.165, 1.54) is 11.3 Å². The Morgan fingerprint density at radius 1 is 1.03 bits per heavy atom. The lowest BCUT2D eigenvalue weighted by Crippen LogP contribution is -2.40. The van der Waals surface area contributed by atoms with Crippen molar-refractivity contribution in [1.82, 2.24) is 4.57 Å². The highest BCUT2D eigenvalue weighted by Gasteiger charge is 2.34. The van der Waals surface area contributed by atoms with Crippen molar-refractivity contribution in [2.45, 2.75) is 33.7 Å². The van der Waals surface area contributed by atoms with E-state index in [0.717, 1.165) is 40.7 Å². The number of hydrogen-bond donors (Lipinski definition) is 0. The monoisotopic (exact) mass is 525 g/mol. The van der Waals surface area contributed by atoms with Gasteiger partial charge in [0.1, 0.15) is 0 Å². The normalized spacial score (nSPS) is 15.4. The molecule has 0 bridgehead atoms. The molecule has 0 aliphatic carbocycles. The molecular formula is C31H31N3O3S. The van der Waals surface area contributed by atoms with Crippen LogP contribution in [-0.4, -0.2) is 30.2 Å². The van der Waals surface area contributed by atoms with Crippen molar-refractivity contribution < 1.29 is 9.53 Å². The van der Waals surface area contributed by atoms with Gasteiger partial charge in [-0.2, -0.15) is 0 Å². The Kier molecular flexibility index (Phi) is 7.29. The summed E-state index contributed by atoms with van der Waals surface area (Å²) >= 11 is 1.34. The standard InChI is InChI=1S/C31H31N3O3S/c1-5-33(6-2)23-17-15-21(16-18-23)19-26-29(35)34-28(25-14-10-12-22-11-8-9-13-24(22)25)27(30(36)37-7-3)20(4)32-31(34)38-26/h8-19,28H,5-7H2,1-4H3/b26-19-/t28-/m1/s1. The van der Waals surface area contributed by atoms with Gasteiger partial charge in [0.2, 0.25) is 0 Å². The largest absolute Gasteiger partial charge is 0.463 e. The number of aromatic nitrogens is 1. The Labute approximate surface area is 225 Å². The minimum absolute atomic E-state index is 0.172. The SMILES string of the molecule is CCOC(=O)C1=C(C)N=c2s/c(=C\c3ccc(N(CC)CC)cc3)c(=O)n2[C@@H]1c1cccc2ccccc12. The first kappa shape index (κ1) is 25.7. The summed E-state index contributed by atoms with van der Waals surface area (Å²) in [4.78, 5) is 34.7. The van der Waals surface area contributed by atoms with Crippen molar-refractivity contribution in [3.8, 4) is 0 Å². The number of carbonyl (C=O) groups excluding carboxylic acids is 1. The third-order valence-corrected chi connectivity index (χ3v) is 7.94. The molecular weight excluding hydrogens is 494 g/mol. The lowest BCUT2D eigenvalue weighted by atomic mass is 9.91. The Morgan fingerprint density at radius 2 is 1.74 bits per heavy atom. The smallest absolute Gasteiger partial charge is 0.338 e. The number of esters is 1. The van der Waals surface area contributed by atoms with Crippen LogP contribution in [0.2, 0.25) is 0 Å². The van der Waals surface area contributed by atoms with Crippen LogP contribution < -0.4 is 19.8 Å². The van der Waals surface area contributed by atoms with Crippen molar-refractivity contribution in [2.75, 3.05) is 24.6 Å². The molecule has 4 aromatic rings. The maximum Gasteiger partial charge on any atom is 0.338 e. The number of ether oxygens (including phenoxy) is 1. The number of rotatable bonds is 7. The zero-order chi connectivity index (χ0) is 26.8. The van der Waals surface area contributed by atoms with Crippen LogP contribution in [0.3, 0.4) is 0 Å². The Bertz CT molecular complexity index is 1700. The zero-order valence-corrected chi connectivity index (χ0v) is 22.9. The molecule has 0 saturated carbocycles. The number of carbonyl (C=O) groups is 1. The second kappa shape index (κ2) is 10.8.